The van der Waals surface area contributed by atoms with Crippen LogP contribution in [0.4, 0.5) is 10.6 Å². The number of rotatable bonds is 4. The molecular formula is C13H23N5O2. The molecule has 1 saturated heterocycles. The Morgan fingerprint density at radius 1 is 1.60 bits per heavy atom. The van der Waals surface area contributed by atoms with Crippen molar-refractivity contribution >= 4 is 11.8 Å². The fourth-order valence-electron chi connectivity index (χ4n) is 2.05. The fraction of sp³-hybridized carbons (Fsp3) is 0.692. The Bertz CT molecular complexity index is 446. The van der Waals surface area contributed by atoms with Gasteiger partial charge < -0.3 is 14.5 Å². The molecule has 1 aromatic heterocycles. The minimum Gasteiger partial charge on any atom is -0.375 e. The summed E-state index contributed by atoms with van der Waals surface area (Å²) in [6.45, 7) is 5.51. The average molecular weight is 281 g/mol. The van der Waals surface area contributed by atoms with Crippen LogP contribution in [-0.4, -0.2) is 72.1 Å². The van der Waals surface area contributed by atoms with Gasteiger partial charge in [0, 0.05) is 31.9 Å². The molecule has 1 aliphatic heterocycles. The number of urea groups is 1. The zero-order valence-electron chi connectivity index (χ0n) is 12.4. The first-order valence-electron chi connectivity index (χ1n) is 6.90. The zero-order valence-corrected chi connectivity index (χ0v) is 12.4. The van der Waals surface area contributed by atoms with Crippen LogP contribution in [0.25, 0.3) is 0 Å². The van der Waals surface area contributed by atoms with E-state index in [1.165, 1.54) is 0 Å². The Balaban J connectivity index is 1.84. The van der Waals surface area contributed by atoms with Crippen LogP contribution in [0, 0.1) is 0 Å². The Labute approximate surface area is 119 Å². The van der Waals surface area contributed by atoms with E-state index in [4.69, 9.17) is 4.74 Å². The predicted octanol–water partition coefficient (Wildman–Crippen LogP) is 0.697. The Kier molecular flexibility index (Phi) is 4.97. The highest BCUT2D eigenvalue weighted by atomic mass is 16.5. The van der Waals surface area contributed by atoms with Crippen LogP contribution >= 0.6 is 0 Å². The number of ether oxygens (including phenoxy) is 1. The van der Waals surface area contributed by atoms with Gasteiger partial charge in [0.1, 0.15) is 0 Å². The van der Waals surface area contributed by atoms with Crippen molar-refractivity contribution < 1.29 is 9.53 Å². The number of carbonyl (C=O) groups is 1. The number of amides is 2. The van der Waals surface area contributed by atoms with E-state index in [1.54, 1.807) is 4.90 Å². The van der Waals surface area contributed by atoms with Crippen molar-refractivity contribution in [3.63, 3.8) is 0 Å². The highest BCUT2D eigenvalue weighted by molar-refractivity contribution is 5.88. The summed E-state index contributed by atoms with van der Waals surface area (Å²) in [6.07, 6.45) is 1.97. The van der Waals surface area contributed by atoms with Crippen LogP contribution in [-0.2, 0) is 11.3 Å². The second-order valence-electron chi connectivity index (χ2n) is 5.32. The summed E-state index contributed by atoms with van der Waals surface area (Å²) in [6, 6.07) is 1.70. The molecule has 20 heavy (non-hydrogen) atoms. The number of likely N-dealkylation sites (N-methyl/N-ethyl adjacent to an activating group) is 1. The first kappa shape index (κ1) is 14.8. The molecule has 0 aromatic carbocycles. The smallest absolute Gasteiger partial charge is 0.323 e. The van der Waals surface area contributed by atoms with E-state index in [0.717, 1.165) is 13.1 Å². The van der Waals surface area contributed by atoms with Gasteiger partial charge in [-0.05, 0) is 21.0 Å². The minimum atomic E-state index is -0.113. The van der Waals surface area contributed by atoms with Gasteiger partial charge in [0.05, 0.1) is 19.3 Å². The Hall–Kier alpha value is -1.60. The Morgan fingerprint density at radius 2 is 2.40 bits per heavy atom. The number of nitrogens with one attached hydrogen (secondary N) is 1. The molecule has 7 heteroatoms. The number of carbonyl (C=O) groups excluding carboxylic acids is 1. The third kappa shape index (κ3) is 4.21. The molecule has 0 aliphatic carbocycles. The van der Waals surface area contributed by atoms with E-state index < -0.39 is 0 Å². The molecule has 112 valence electrons. The van der Waals surface area contributed by atoms with Crippen LogP contribution < -0.4 is 5.32 Å². The average Bonchev–Trinajstić information content (AvgIpc) is 2.84. The third-order valence-corrected chi connectivity index (χ3v) is 3.18. The van der Waals surface area contributed by atoms with Crippen molar-refractivity contribution in [2.24, 2.45) is 0 Å². The predicted molar refractivity (Wildman–Crippen MR) is 76.8 cm³/mol. The number of anilines is 1. The fourth-order valence-corrected chi connectivity index (χ4v) is 2.05. The highest BCUT2D eigenvalue weighted by Crippen LogP contribution is 2.08. The van der Waals surface area contributed by atoms with E-state index in [1.807, 2.05) is 38.0 Å². The second-order valence-corrected chi connectivity index (χ2v) is 5.32. The van der Waals surface area contributed by atoms with Gasteiger partial charge >= 0.3 is 6.03 Å². The number of nitrogens with zero attached hydrogens (tertiary/aromatic N) is 4. The molecule has 0 saturated carbocycles. The molecule has 1 aliphatic rings. The molecule has 2 amide bonds. The topological polar surface area (TPSA) is 62.6 Å². The van der Waals surface area contributed by atoms with Gasteiger partial charge in [-0.2, -0.15) is 5.10 Å². The first-order chi connectivity index (χ1) is 9.54. The van der Waals surface area contributed by atoms with Crippen LogP contribution in [0.3, 0.4) is 0 Å². The largest absolute Gasteiger partial charge is 0.375 e. The van der Waals surface area contributed by atoms with Crippen molar-refractivity contribution in [1.29, 1.82) is 0 Å². The summed E-state index contributed by atoms with van der Waals surface area (Å²) in [7, 11) is 4.04. The molecule has 7 nitrogen and oxygen atoms in total. The molecule has 2 heterocycles. The Morgan fingerprint density at radius 3 is 3.10 bits per heavy atom. The van der Waals surface area contributed by atoms with Gasteiger partial charge in [0.15, 0.2) is 5.82 Å². The lowest BCUT2D eigenvalue weighted by Gasteiger charge is -2.30. The van der Waals surface area contributed by atoms with Crippen LogP contribution in [0.1, 0.15) is 6.92 Å². The summed E-state index contributed by atoms with van der Waals surface area (Å²) in [5.74, 6) is 0.591. The minimum absolute atomic E-state index is 0.0900. The van der Waals surface area contributed by atoms with Crippen LogP contribution in [0.5, 0.6) is 0 Å². The molecule has 1 atom stereocenters. The van der Waals surface area contributed by atoms with Crippen LogP contribution in [0.2, 0.25) is 0 Å². The lowest BCUT2D eigenvalue weighted by Crippen LogP contribution is -2.46. The summed E-state index contributed by atoms with van der Waals surface area (Å²) in [5.41, 5.74) is 0. The first-order valence-corrected chi connectivity index (χ1v) is 6.90. The van der Waals surface area contributed by atoms with Gasteiger partial charge in [0.2, 0.25) is 0 Å². The summed E-state index contributed by atoms with van der Waals surface area (Å²) in [4.78, 5) is 15.9. The molecule has 0 bridgehead atoms. The number of morpholine rings is 1. The van der Waals surface area contributed by atoms with Crippen LogP contribution in [0.15, 0.2) is 12.3 Å². The summed E-state index contributed by atoms with van der Waals surface area (Å²) in [5, 5.41) is 7.16. The molecule has 0 spiro atoms. The van der Waals surface area contributed by atoms with Gasteiger partial charge in [-0.25, -0.2) is 4.79 Å². The van der Waals surface area contributed by atoms with Gasteiger partial charge in [-0.3, -0.25) is 10.00 Å². The molecular weight excluding hydrogens is 258 g/mol. The number of hydrogen-bond donors (Lipinski definition) is 1. The van der Waals surface area contributed by atoms with Gasteiger partial charge in [-0.1, -0.05) is 0 Å². The molecule has 1 fully saturated rings. The molecule has 1 N–H and O–H groups in total. The molecule has 0 unspecified atom stereocenters. The maximum Gasteiger partial charge on any atom is 0.323 e. The molecule has 1 aromatic rings. The number of aromatic nitrogens is 2. The van der Waals surface area contributed by atoms with Gasteiger partial charge in [0.25, 0.3) is 0 Å². The standard InChI is InChI=1S/C13H23N5O2/c1-11-10-17(8-9-20-11)13(19)14-12-4-5-18(15-12)7-6-16(2)3/h4-5,11H,6-10H2,1-3H3,(H,14,15,19)/t11-/m0/s1. The highest BCUT2D eigenvalue weighted by Gasteiger charge is 2.21. The van der Waals surface area contributed by atoms with Crippen molar-refractivity contribution in [1.82, 2.24) is 19.6 Å². The number of hydrogen-bond acceptors (Lipinski definition) is 4. The van der Waals surface area contributed by atoms with Crippen molar-refractivity contribution in [2.45, 2.75) is 19.6 Å². The summed E-state index contributed by atoms with van der Waals surface area (Å²) >= 11 is 0. The van der Waals surface area contributed by atoms with E-state index in [-0.39, 0.29) is 12.1 Å². The lowest BCUT2D eigenvalue weighted by molar-refractivity contribution is -0.00139. The van der Waals surface area contributed by atoms with E-state index in [0.29, 0.717) is 25.5 Å². The maximum absolute atomic E-state index is 12.1. The molecule has 2 rings (SSSR count). The quantitative estimate of drug-likeness (QED) is 0.882. The monoisotopic (exact) mass is 281 g/mol. The van der Waals surface area contributed by atoms with E-state index in [9.17, 15) is 4.79 Å². The lowest BCUT2D eigenvalue weighted by atomic mass is 10.3. The van der Waals surface area contributed by atoms with Crippen molar-refractivity contribution in [2.75, 3.05) is 45.7 Å². The van der Waals surface area contributed by atoms with Crippen molar-refractivity contribution in [3.8, 4) is 0 Å². The normalized spacial score (nSPS) is 19.4. The van der Waals surface area contributed by atoms with Gasteiger partial charge in [-0.15, -0.1) is 0 Å². The molecule has 0 radical (unpaired) electrons. The summed E-state index contributed by atoms with van der Waals surface area (Å²) < 4.78 is 7.25. The van der Waals surface area contributed by atoms with E-state index >= 15 is 0 Å². The second kappa shape index (κ2) is 6.71. The zero-order chi connectivity index (χ0) is 14.5. The van der Waals surface area contributed by atoms with E-state index in [2.05, 4.69) is 15.3 Å². The van der Waals surface area contributed by atoms with Crippen molar-refractivity contribution in [3.05, 3.63) is 12.3 Å². The maximum atomic E-state index is 12.1. The SMILES string of the molecule is C[C@H]1CN(C(=O)Nc2ccn(CCN(C)C)n2)CCO1. The third-order valence-electron chi connectivity index (χ3n) is 3.18.